The quantitative estimate of drug-likeness (QED) is 0.388. The highest BCUT2D eigenvalue weighted by Gasteiger charge is 2.17. The van der Waals surface area contributed by atoms with Crippen molar-refractivity contribution < 1.29 is 18.7 Å². The topological polar surface area (TPSA) is 80.6 Å². The van der Waals surface area contributed by atoms with Crippen molar-refractivity contribution in [3.63, 3.8) is 0 Å². The minimum Gasteiger partial charge on any atom is -0.483 e. The third kappa shape index (κ3) is 6.39. The van der Waals surface area contributed by atoms with E-state index in [9.17, 15) is 9.59 Å². The summed E-state index contributed by atoms with van der Waals surface area (Å²) < 4.78 is 11.0. The Kier molecular flexibility index (Phi) is 7.78. The summed E-state index contributed by atoms with van der Waals surface area (Å²) in [5.74, 6) is 0.709. The smallest absolute Gasteiger partial charge is 0.305 e. The minimum atomic E-state index is -0.513. The highest BCUT2D eigenvalue weighted by Crippen LogP contribution is 2.27. The zero-order chi connectivity index (χ0) is 22.2. The van der Waals surface area contributed by atoms with Crippen LogP contribution in [0.3, 0.4) is 0 Å². The van der Waals surface area contributed by atoms with Gasteiger partial charge in [-0.2, -0.15) is 0 Å². The fourth-order valence-electron chi connectivity index (χ4n) is 2.93. The Morgan fingerprint density at radius 1 is 1.06 bits per heavy atom. The molecule has 2 N–H and O–H groups in total. The summed E-state index contributed by atoms with van der Waals surface area (Å²) in [7, 11) is 0. The first-order chi connectivity index (χ1) is 14.9. The number of hydrogen-bond acceptors (Lipinski definition) is 5. The van der Waals surface area contributed by atoms with Crippen LogP contribution in [0.15, 0.2) is 70.2 Å². The fourth-order valence-corrected chi connectivity index (χ4v) is 3.83. The Bertz CT molecular complexity index is 1030. The predicted octanol–water partition coefficient (Wildman–Crippen LogP) is 4.84. The number of furan rings is 1. The third-order valence-corrected chi connectivity index (χ3v) is 5.62. The molecular weight excluding hydrogens is 412 g/mol. The van der Waals surface area contributed by atoms with Gasteiger partial charge in [0.1, 0.15) is 5.75 Å². The van der Waals surface area contributed by atoms with Gasteiger partial charge in [0.15, 0.2) is 12.4 Å². The van der Waals surface area contributed by atoms with Crippen LogP contribution in [0.2, 0.25) is 0 Å². The van der Waals surface area contributed by atoms with Crippen LogP contribution in [0, 0.1) is 6.92 Å². The zero-order valence-electron chi connectivity index (χ0n) is 17.8. The molecule has 3 rings (SSSR count). The van der Waals surface area contributed by atoms with E-state index in [1.165, 1.54) is 6.26 Å². The molecule has 162 valence electrons. The van der Waals surface area contributed by atoms with Crippen molar-refractivity contribution in [2.75, 3.05) is 6.61 Å². The molecule has 3 aromatic rings. The maximum atomic E-state index is 12.4. The molecule has 1 heterocycles. The van der Waals surface area contributed by atoms with Gasteiger partial charge in [0.2, 0.25) is 0 Å². The second-order valence-corrected chi connectivity index (χ2v) is 8.41. The van der Waals surface area contributed by atoms with E-state index in [0.29, 0.717) is 11.5 Å². The van der Waals surface area contributed by atoms with Crippen LogP contribution in [0.25, 0.3) is 0 Å². The van der Waals surface area contributed by atoms with Gasteiger partial charge < -0.3 is 9.15 Å². The van der Waals surface area contributed by atoms with Crippen LogP contribution < -0.4 is 15.6 Å². The molecule has 0 unspecified atom stereocenters. The molecule has 0 saturated heterocycles. The van der Waals surface area contributed by atoms with Crippen LogP contribution in [0.4, 0.5) is 0 Å². The van der Waals surface area contributed by atoms with E-state index in [4.69, 9.17) is 9.15 Å². The Hall–Kier alpha value is -3.19. The van der Waals surface area contributed by atoms with Gasteiger partial charge in [0.05, 0.1) is 6.26 Å². The highest BCUT2D eigenvalue weighted by molar-refractivity contribution is 7.98. The largest absolute Gasteiger partial charge is 0.483 e. The number of hydrazine groups is 1. The molecule has 0 fully saturated rings. The normalized spacial score (nSPS) is 10.7. The van der Waals surface area contributed by atoms with Crippen molar-refractivity contribution in [2.24, 2.45) is 0 Å². The van der Waals surface area contributed by atoms with Crippen LogP contribution in [-0.4, -0.2) is 18.4 Å². The summed E-state index contributed by atoms with van der Waals surface area (Å²) in [6.07, 6.45) is 1.46. The molecule has 0 aliphatic heterocycles. The van der Waals surface area contributed by atoms with E-state index >= 15 is 0 Å². The maximum Gasteiger partial charge on any atom is 0.305 e. The number of carbonyl (C=O) groups excluding carboxylic acids is 2. The van der Waals surface area contributed by atoms with Crippen LogP contribution in [0.1, 0.15) is 47.0 Å². The molecule has 0 aliphatic carbocycles. The second-order valence-electron chi connectivity index (χ2n) is 7.36. The van der Waals surface area contributed by atoms with Gasteiger partial charge in [0.25, 0.3) is 5.91 Å². The first-order valence-corrected chi connectivity index (χ1v) is 11.0. The summed E-state index contributed by atoms with van der Waals surface area (Å²) in [6.45, 7) is 5.89. The van der Waals surface area contributed by atoms with E-state index in [1.807, 2.05) is 55.5 Å². The number of thioether (sulfide) groups is 1. The minimum absolute atomic E-state index is 0.172. The number of amides is 2. The Morgan fingerprint density at radius 3 is 2.58 bits per heavy atom. The molecule has 2 amide bonds. The van der Waals surface area contributed by atoms with Crippen molar-refractivity contribution in [1.29, 1.82) is 0 Å². The van der Waals surface area contributed by atoms with Crippen LogP contribution >= 0.6 is 11.8 Å². The first kappa shape index (κ1) is 22.5. The van der Waals surface area contributed by atoms with Crippen molar-refractivity contribution in [1.82, 2.24) is 10.9 Å². The fraction of sp³-hybridized carbons (Fsp3) is 0.250. The van der Waals surface area contributed by atoms with E-state index in [1.54, 1.807) is 17.8 Å². The molecule has 0 aliphatic rings. The van der Waals surface area contributed by atoms with E-state index in [0.717, 1.165) is 21.6 Å². The van der Waals surface area contributed by atoms with Crippen LogP contribution in [0.5, 0.6) is 5.75 Å². The van der Waals surface area contributed by atoms with E-state index in [2.05, 4.69) is 24.7 Å². The molecule has 2 aromatic carbocycles. The van der Waals surface area contributed by atoms with Gasteiger partial charge in [-0.1, -0.05) is 44.2 Å². The number of hydrogen-bond donors (Lipinski definition) is 2. The molecule has 0 spiro atoms. The summed E-state index contributed by atoms with van der Waals surface area (Å²) in [4.78, 5) is 25.7. The van der Waals surface area contributed by atoms with Gasteiger partial charge in [0, 0.05) is 16.2 Å². The van der Waals surface area contributed by atoms with Crippen molar-refractivity contribution in [2.45, 2.75) is 37.3 Å². The molecule has 7 heteroatoms. The molecule has 0 atom stereocenters. The van der Waals surface area contributed by atoms with Crippen LogP contribution in [-0.2, 0) is 10.5 Å². The zero-order valence-corrected chi connectivity index (χ0v) is 18.6. The summed E-state index contributed by atoms with van der Waals surface area (Å²) in [6, 6.07) is 17.6. The Labute approximate surface area is 186 Å². The summed E-state index contributed by atoms with van der Waals surface area (Å²) in [5.41, 5.74) is 7.58. The van der Waals surface area contributed by atoms with Crippen molar-refractivity contribution in [3.8, 4) is 5.75 Å². The first-order valence-electron chi connectivity index (χ1n) is 10.0. The Balaban J connectivity index is 1.51. The number of benzene rings is 2. The lowest BCUT2D eigenvalue weighted by Crippen LogP contribution is -2.44. The number of ether oxygens (including phenoxy) is 1. The summed E-state index contributed by atoms with van der Waals surface area (Å²) >= 11 is 1.60. The molecular formula is C24H26N2O4S. The number of rotatable bonds is 8. The molecule has 0 saturated carbocycles. The van der Waals surface area contributed by atoms with Gasteiger partial charge in [-0.3, -0.25) is 20.4 Å². The Morgan fingerprint density at radius 2 is 1.84 bits per heavy atom. The maximum absolute atomic E-state index is 12.4. The SMILES string of the molecule is Cc1ccc(C(C)C)c(OCC(=O)NNC(=O)c2occc2CSc2ccccc2)c1. The van der Waals surface area contributed by atoms with Gasteiger partial charge in [-0.15, -0.1) is 11.8 Å². The van der Waals surface area contributed by atoms with E-state index in [-0.39, 0.29) is 18.3 Å². The van der Waals surface area contributed by atoms with Gasteiger partial charge >= 0.3 is 5.91 Å². The molecule has 0 bridgehead atoms. The lowest BCUT2D eigenvalue weighted by atomic mass is 10.0. The number of carbonyl (C=O) groups is 2. The second kappa shape index (κ2) is 10.7. The molecule has 6 nitrogen and oxygen atoms in total. The lowest BCUT2D eigenvalue weighted by molar-refractivity contribution is -0.123. The van der Waals surface area contributed by atoms with Gasteiger partial charge in [-0.05, 0) is 48.2 Å². The van der Waals surface area contributed by atoms with Crippen molar-refractivity contribution >= 4 is 23.6 Å². The molecule has 31 heavy (non-hydrogen) atoms. The molecule has 0 radical (unpaired) electrons. The number of nitrogens with one attached hydrogen (secondary N) is 2. The van der Waals surface area contributed by atoms with E-state index < -0.39 is 11.8 Å². The monoisotopic (exact) mass is 438 g/mol. The predicted molar refractivity (Wildman–Crippen MR) is 121 cm³/mol. The lowest BCUT2D eigenvalue weighted by Gasteiger charge is -2.15. The molecule has 1 aromatic heterocycles. The summed E-state index contributed by atoms with van der Waals surface area (Å²) in [5, 5.41) is 0. The average Bonchev–Trinajstić information content (AvgIpc) is 3.24. The number of aryl methyl sites for hydroxylation is 1. The van der Waals surface area contributed by atoms with Crippen molar-refractivity contribution in [3.05, 3.63) is 83.3 Å². The standard InChI is InChI=1S/C24H26N2O4S/c1-16(2)20-10-9-17(3)13-21(20)30-14-22(27)25-26-24(28)23-18(11-12-29-23)15-31-19-7-5-4-6-8-19/h4-13,16H,14-15H2,1-3H3,(H,25,27)(H,26,28). The van der Waals surface area contributed by atoms with Gasteiger partial charge in [-0.25, -0.2) is 0 Å². The highest BCUT2D eigenvalue weighted by atomic mass is 32.2. The average molecular weight is 439 g/mol. The third-order valence-electron chi connectivity index (χ3n) is 4.56.